The summed E-state index contributed by atoms with van der Waals surface area (Å²) in [7, 11) is 1.66. The van der Waals surface area contributed by atoms with E-state index in [1.165, 1.54) is 0 Å². The minimum atomic E-state index is -0.0684. The molecule has 0 aromatic heterocycles. The summed E-state index contributed by atoms with van der Waals surface area (Å²) in [6, 6.07) is 29.4. The molecule has 4 aromatic carbocycles. The van der Waals surface area contributed by atoms with Crippen molar-refractivity contribution in [3.63, 3.8) is 0 Å². The summed E-state index contributed by atoms with van der Waals surface area (Å²) in [5.41, 5.74) is 5.16. The Balaban J connectivity index is 1.32. The van der Waals surface area contributed by atoms with E-state index in [-0.39, 0.29) is 11.9 Å². The number of benzene rings is 4. The second kappa shape index (κ2) is 11.7. The van der Waals surface area contributed by atoms with Crippen molar-refractivity contribution in [1.29, 1.82) is 0 Å². The Morgan fingerprint density at radius 2 is 1.45 bits per heavy atom. The first-order valence-electron chi connectivity index (χ1n) is 12.4. The number of hydrogen-bond donors (Lipinski definition) is 0. The van der Waals surface area contributed by atoms with Gasteiger partial charge in [-0.1, -0.05) is 83.3 Å². The molecule has 1 aliphatic heterocycles. The van der Waals surface area contributed by atoms with Crippen LogP contribution in [0.15, 0.2) is 91.0 Å². The van der Waals surface area contributed by atoms with Crippen LogP contribution in [0.5, 0.6) is 5.75 Å². The van der Waals surface area contributed by atoms with Crippen molar-refractivity contribution in [2.75, 3.05) is 31.6 Å². The van der Waals surface area contributed by atoms with Crippen LogP contribution in [0.4, 0.5) is 5.69 Å². The molecule has 5 rings (SSSR count). The molecule has 0 saturated carbocycles. The van der Waals surface area contributed by atoms with Gasteiger partial charge in [-0.3, -0.25) is 4.79 Å². The number of methoxy groups -OCH3 is 1. The SMILES string of the molecule is COc1ccc(-c2ccc(CC(=O)N3CCN(c4ccc(Cl)cc4Cl)C(c4ccc(Cl)cc4)C3)cc2)cc1. The van der Waals surface area contributed by atoms with Gasteiger partial charge < -0.3 is 14.5 Å². The number of nitrogens with zero attached hydrogens (tertiary/aromatic N) is 2. The molecule has 4 aromatic rings. The summed E-state index contributed by atoms with van der Waals surface area (Å²) < 4.78 is 5.25. The van der Waals surface area contributed by atoms with E-state index >= 15 is 0 Å². The average molecular weight is 566 g/mol. The summed E-state index contributed by atoms with van der Waals surface area (Å²) in [5.74, 6) is 0.925. The zero-order chi connectivity index (χ0) is 26.6. The molecule has 1 aliphatic rings. The van der Waals surface area contributed by atoms with Gasteiger partial charge in [0.2, 0.25) is 5.91 Å². The van der Waals surface area contributed by atoms with Crippen LogP contribution < -0.4 is 9.64 Å². The van der Waals surface area contributed by atoms with E-state index in [0.29, 0.717) is 41.1 Å². The topological polar surface area (TPSA) is 32.8 Å². The second-order valence-corrected chi connectivity index (χ2v) is 10.6. The number of rotatable bonds is 6. The van der Waals surface area contributed by atoms with Gasteiger partial charge in [0, 0.05) is 29.7 Å². The van der Waals surface area contributed by atoms with Gasteiger partial charge in [0.25, 0.3) is 0 Å². The smallest absolute Gasteiger partial charge is 0.227 e. The van der Waals surface area contributed by atoms with Crippen molar-refractivity contribution in [2.24, 2.45) is 0 Å². The Kier molecular flexibility index (Phi) is 8.13. The molecule has 1 unspecified atom stereocenters. The molecule has 7 heteroatoms. The highest BCUT2D eigenvalue weighted by Gasteiger charge is 2.32. The van der Waals surface area contributed by atoms with Crippen LogP contribution in [0.2, 0.25) is 15.1 Å². The van der Waals surface area contributed by atoms with Gasteiger partial charge in [0.05, 0.1) is 30.3 Å². The Labute approximate surface area is 238 Å². The van der Waals surface area contributed by atoms with E-state index in [4.69, 9.17) is 39.5 Å². The predicted molar refractivity (Wildman–Crippen MR) is 157 cm³/mol. The molecule has 1 heterocycles. The maximum atomic E-state index is 13.4. The molecule has 0 radical (unpaired) electrons. The van der Waals surface area contributed by atoms with Crippen molar-refractivity contribution in [3.8, 4) is 16.9 Å². The fourth-order valence-electron chi connectivity index (χ4n) is 4.87. The van der Waals surface area contributed by atoms with E-state index in [9.17, 15) is 4.79 Å². The molecule has 194 valence electrons. The number of ether oxygens (including phenoxy) is 1. The molecule has 1 fully saturated rings. The third-order valence-corrected chi connectivity index (χ3v) is 7.73. The summed E-state index contributed by atoms with van der Waals surface area (Å²) in [6.07, 6.45) is 0.345. The van der Waals surface area contributed by atoms with Crippen molar-refractivity contribution in [3.05, 3.63) is 117 Å². The van der Waals surface area contributed by atoms with E-state index in [1.54, 1.807) is 13.2 Å². The second-order valence-electron chi connectivity index (χ2n) is 9.30. The summed E-state index contributed by atoms with van der Waals surface area (Å²) in [5, 5.41) is 1.86. The lowest BCUT2D eigenvalue weighted by Crippen LogP contribution is -2.51. The lowest BCUT2D eigenvalue weighted by molar-refractivity contribution is -0.131. The Morgan fingerprint density at radius 1 is 0.816 bits per heavy atom. The number of hydrogen-bond acceptors (Lipinski definition) is 3. The lowest BCUT2D eigenvalue weighted by Gasteiger charge is -2.43. The highest BCUT2D eigenvalue weighted by molar-refractivity contribution is 6.36. The molecule has 1 atom stereocenters. The zero-order valence-electron chi connectivity index (χ0n) is 20.9. The minimum Gasteiger partial charge on any atom is -0.497 e. The largest absolute Gasteiger partial charge is 0.497 e. The van der Waals surface area contributed by atoms with Gasteiger partial charge >= 0.3 is 0 Å². The van der Waals surface area contributed by atoms with Crippen molar-refractivity contribution < 1.29 is 9.53 Å². The summed E-state index contributed by atoms with van der Waals surface area (Å²) in [6.45, 7) is 1.80. The van der Waals surface area contributed by atoms with Crippen LogP contribution in [0.3, 0.4) is 0 Å². The number of carbonyl (C=O) groups excluding carboxylic acids is 1. The molecule has 0 bridgehead atoms. The van der Waals surface area contributed by atoms with Crippen LogP contribution in [-0.2, 0) is 11.2 Å². The number of amides is 1. The van der Waals surface area contributed by atoms with E-state index in [2.05, 4.69) is 17.0 Å². The third-order valence-electron chi connectivity index (χ3n) is 6.94. The van der Waals surface area contributed by atoms with Crippen LogP contribution >= 0.6 is 34.8 Å². The average Bonchev–Trinajstić information content (AvgIpc) is 2.94. The number of piperazine rings is 1. The quantitative estimate of drug-likeness (QED) is 0.238. The normalized spacial score (nSPS) is 15.4. The van der Waals surface area contributed by atoms with Crippen LogP contribution in [0.25, 0.3) is 11.1 Å². The van der Waals surface area contributed by atoms with E-state index < -0.39 is 0 Å². The molecule has 0 aliphatic carbocycles. The Morgan fingerprint density at radius 3 is 2.08 bits per heavy atom. The molecule has 38 heavy (non-hydrogen) atoms. The molecule has 1 amide bonds. The van der Waals surface area contributed by atoms with Crippen molar-refractivity contribution in [2.45, 2.75) is 12.5 Å². The minimum absolute atomic E-state index is 0.0684. The maximum absolute atomic E-state index is 13.4. The van der Waals surface area contributed by atoms with Gasteiger partial charge in [-0.15, -0.1) is 0 Å². The third kappa shape index (κ3) is 5.94. The maximum Gasteiger partial charge on any atom is 0.227 e. The first-order valence-corrected chi connectivity index (χ1v) is 13.5. The first-order chi connectivity index (χ1) is 18.4. The molecule has 1 saturated heterocycles. The van der Waals surface area contributed by atoms with Gasteiger partial charge in [0.1, 0.15) is 5.75 Å². The summed E-state index contributed by atoms with van der Waals surface area (Å²) >= 11 is 18.9. The van der Waals surface area contributed by atoms with Gasteiger partial charge in [-0.2, -0.15) is 0 Å². The Bertz CT molecular complexity index is 1410. The van der Waals surface area contributed by atoms with E-state index in [1.807, 2.05) is 77.7 Å². The first kappa shape index (κ1) is 26.4. The van der Waals surface area contributed by atoms with Gasteiger partial charge in [-0.25, -0.2) is 0 Å². The summed E-state index contributed by atoms with van der Waals surface area (Å²) in [4.78, 5) is 17.6. The van der Waals surface area contributed by atoms with Crippen LogP contribution in [0.1, 0.15) is 17.2 Å². The molecule has 4 nitrogen and oxygen atoms in total. The van der Waals surface area contributed by atoms with Gasteiger partial charge in [-0.05, 0) is 64.7 Å². The van der Waals surface area contributed by atoms with E-state index in [0.717, 1.165) is 33.7 Å². The highest BCUT2D eigenvalue weighted by Crippen LogP contribution is 2.37. The zero-order valence-corrected chi connectivity index (χ0v) is 23.2. The predicted octanol–water partition coefficient (Wildman–Crippen LogP) is 7.96. The standard InChI is InChI=1S/C31H27Cl3N2O2/c1-38-27-13-8-23(9-14-27)22-4-2-21(3-5-22)18-31(37)35-16-17-36(29-15-12-26(33)19-28(29)34)30(20-35)24-6-10-25(32)11-7-24/h2-15,19,30H,16-18,20H2,1H3. The molecular weight excluding hydrogens is 539 g/mol. The fraction of sp³-hybridized carbons (Fsp3) is 0.194. The Hall–Kier alpha value is -3.18. The number of carbonyl (C=O) groups is 1. The number of halogens is 3. The highest BCUT2D eigenvalue weighted by atomic mass is 35.5. The monoisotopic (exact) mass is 564 g/mol. The van der Waals surface area contributed by atoms with Crippen molar-refractivity contribution in [1.82, 2.24) is 4.90 Å². The van der Waals surface area contributed by atoms with Gasteiger partial charge in [0.15, 0.2) is 0 Å². The molecular formula is C31H27Cl3N2O2. The van der Waals surface area contributed by atoms with Crippen LogP contribution in [0, 0.1) is 0 Å². The van der Waals surface area contributed by atoms with Crippen LogP contribution in [-0.4, -0.2) is 37.6 Å². The fourth-order valence-corrected chi connectivity index (χ4v) is 5.51. The molecule has 0 spiro atoms. The lowest BCUT2D eigenvalue weighted by atomic mass is 10.00. The molecule has 0 N–H and O–H groups in total. The van der Waals surface area contributed by atoms with Crippen molar-refractivity contribution >= 4 is 46.4 Å². The number of anilines is 1.